The van der Waals surface area contributed by atoms with Crippen LogP contribution in [0.2, 0.25) is 0 Å². The van der Waals surface area contributed by atoms with Gasteiger partial charge < -0.3 is 15.6 Å². The van der Waals surface area contributed by atoms with Gasteiger partial charge in [0, 0.05) is 12.3 Å². The van der Waals surface area contributed by atoms with Gasteiger partial charge in [0.25, 0.3) is 0 Å². The van der Waals surface area contributed by atoms with E-state index in [1.807, 2.05) is 0 Å². The summed E-state index contributed by atoms with van der Waals surface area (Å²) in [4.78, 5) is 14.7. The van der Waals surface area contributed by atoms with E-state index in [-0.39, 0.29) is 22.9 Å². The maximum absolute atomic E-state index is 13.4. The lowest BCUT2D eigenvalue weighted by Gasteiger charge is -2.09. The van der Waals surface area contributed by atoms with Crippen molar-refractivity contribution in [2.75, 3.05) is 5.73 Å². The second kappa shape index (κ2) is 4.93. The fraction of sp³-hybridized carbons (Fsp3) is 0.0769. The van der Waals surface area contributed by atoms with Gasteiger partial charge in [-0.3, -0.25) is 0 Å². The third-order valence-corrected chi connectivity index (χ3v) is 2.54. The first-order chi connectivity index (χ1) is 8.99. The molecule has 0 radical (unpaired) electrons. The van der Waals surface area contributed by atoms with Crippen LogP contribution in [0, 0.1) is 12.7 Å². The van der Waals surface area contributed by atoms with Crippen molar-refractivity contribution >= 4 is 11.7 Å². The molecule has 0 fully saturated rings. The minimum atomic E-state index is -1.18. The number of nitrogens with zero attached hydrogens (tertiary/aromatic N) is 1. The van der Waals surface area contributed by atoms with Crippen molar-refractivity contribution in [1.29, 1.82) is 0 Å². The van der Waals surface area contributed by atoms with Crippen molar-refractivity contribution < 1.29 is 19.0 Å². The van der Waals surface area contributed by atoms with Gasteiger partial charge in [0.2, 0.25) is 5.88 Å². The van der Waals surface area contributed by atoms with Gasteiger partial charge in [0.05, 0.1) is 5.56 Å². The fourth-order valence-electron chi connectivity index (χ4n) is 1.47. The van der Waals surface area contributed by atoms with E-state index in [9.17, 15) is 9.18 Å². The van der Waals surface area contributed by atoms with Crippen molar-refractivity contribution in [3.8, 4) is 11.6 Å². The maximum atomic E-state index is 13.4. The lowest BCUT2D eigenvalue weighted by atomic mass is 10.2. The number of aromatic carboxylic acids is 1. The minimum absolute atomic E-state index is 0.0665. The van der Waals surface area contributed by atoms with E-state index in [1.54, 1.807) is 19.1 Å². The lowest BCUT2D eigenvalue weighted by molar-refractivity contribution is 0.0697. The van der Waals surface area contributed by atoms with Crippen LogP contribution in [-0.4, -0.2) is 16.1 Å². The van der Waals surface area contributed by atoms with Crippen molar-refractivity contribution in [2.24, 2.45) is 0 Å². The molecule has 0 atom stereocenters. The zero-order valence-corrected chi connectivity index (χ0v) is 10.1. The SMILES string of the molecule is Cc1ccc(Oc2nccc(C(=O)O)c2N)cc1F. The molecule has 6 heteroatoms. The summed E-state index contributed by atoms with van der Waals surface area (Å²) < 4.78 is 18.7. The van der Waals surface area contributed by atoms with E-state index in [4.69, 9.17) is 15.6 Å². The van der Waals surface area contributed by atoms with Crippen LogP contribution in [0.25, 0.3) is 0 Å². The van der Waals surface area contributed by atoms with E-state index in [0.717, 1.165) is 0 Å². The summed E-state index contributed by atoms with van der Waals surface area (Å²) in [5.74, 6) is -1.47. The monoisotopic (exact) mass is 262 g/mol. The van der Waals surface area contributed by atoms with Crippen LogP contribution >= 0.6 is 0 Å². The number of pyridine rings is 1. The number of nitrogens with two attached hydrogens (primary N) is 1. The zero-order chi connectivity index (χ0) is 14.0. The summed E-state index contributed by atoms with van der Waals surface area (Å²) in [6, 6.07) is 5.54. The van der Waals surface area contributed by atoms with Gasteiger partial charge in [0.1, 0.15) is 17.3 Å². The van der Waals surface area contributed by atoms with Gasteiger partial charge in [-0.2, -0.15) is 0 Å². The Kier molecular flexibility index (Phi) is 3.33. The molecule has 0 aliphatic heterocycles. The Bertz CT molecular complexity index is 644. The number of carboxylic acids is 1. The molecule has 0 amide bonds. The highest BCUT2D eigenvalue weighted by atomic mass is 19.1. The van der Waals surface area contributed by atoms with Crippen LogP contribution in [0.1, 0.15) is 15.9 Å². The number of hydrogen-bond donors (Lipinski definition) is 2. The average molecular weight is 262 g/mol. The zero-order valence-electron chi connectivity index (χ0n) is 10.1. The van der Waals surface area contributed by atoms with Crippen LogP contribution in [-0.2, 0) is 0 Å². The highest BCUT2D eigenvalue weighted by molar-refractivity contribution is 5.94. The van der Waals surface area contributed by atoms with Gasteiger partial charge in [0.15, 0.2) is 0 Å². The quantitative estimate of drug-likeness (QED) is 0.888. The molecule has 0 aliphatic carbocycles. The van der Waals surface area contributed by atoms with Crippen LogP contribution in [0.4, 0.5) is 10.1 Å². The molecule has 0 saturated heterocycles. The number of halogens is 1. The van der Waals surface area contributed by atoms with Crippen LogP contribution in [0.15, 0.2) is 30.5 Å². The number of aromatic nitrogens is 1. The Morgan fingerprint density at radius 3 is 2.79 bits per heavy atom. The number of nitrogen functional groups attached to an aromatic ring is 1. The minimum Gasteiger partial charge on any atom is -0.478 e. The van der Waals surface area contributed by atoms with Crippen molar-refractivity contribution in [3.05, 3.63) is 47.4 Å². The van der Waals surface area contributed by atoms with Crippen molar-refractivity contribution in [1.82, 2.24) is 4.98 Å². The third kappa shape index (κ3) is 2.62. The molecule has 98 valence electrons. The molecule has 0 unspecified atom stereocenters. The number of benzene rings is 1. The number of carbonyl (C=O) groups is 1. The van der Waals surface area contributed by atoms with Gasteiger partial charge in [-0.15, -0.1) is 0 Å². The standard InChI is InChI=1S/C13H11FN2O3/c1-7-2-3-8(6-10(7)14)19-12-11(15)9(13(17)18)4-5-16-12/h2-6H,15H2,1H3,(H,17,18). The molecule has 3 N–H and O–H groups in total. The first-order valence-corrected chi connectivity index (χ1v) is 5.41. The predicted octanol–water partition coefficient (Wildman–Crippen LogP) is 2.60. The Labute approximate surface area is 108 Å². The molecular formula is C13H11FN2O3. The summed E-state index contributed by atoms with van der Waals surface area (Å²) in [5.41, 5.74) is 5.90. The number of ether oxygens (including phenoxy) is 1. The third-order valence-electron chi connectivity index (χ3n) is 2.54. The second-order valence-corrected chi connectivity index (χ2v) is 3.90. The summed E-state index contributed by atoms with van der Waals surface area (Å²) in [7, 11) is 0. The first-order valence-electron chi connectivity index (χ1n) is 5.41. The van der Waals surface area contributed by atoms with E-state index >= 15 is 0 Å². The van der Waals surface area contributed by atoms with E-state index in [2.05, 4.69) is 4.98 Å². The molecule has 19 heavy (non-hydrogen) atoms. The van der Waals surface area contributed by atoms with Crippen LogP contribution < -0.4 is 10.5 Å². The van der Waals surface area contributed by atoms with E-state index < -0.39 is 11.8 Å². The fourth-order valence-corrected chi connectivity index (χ4v) is 1.47. The second-order valence-electron chi connectivity index (χ2n) is 3.90. The Hall–Kier alpha value is -2.63. The number of hydrogen-bond acceptors (Lipinski definition) is 4. The number of anilines is 1. The maximum Gasteiger partial charge on any atom is 0.338 e. The molecule has 1 heterocycles. The van der Waals surface area contributed by atoms with Gasteiger partial charge in [-0.05, 0) is 24.6 Å². The molecular weight excluding hydrogens is 251 g/mol. The summed E-state index contributed by atoms with van der Waals surface area (Å²) in [6.45, 7) is 1.62. The number of carboxylic acid groups (broad SMARTS) is 1. The van der Waals surface area contributed by atoms with Gasteiger partial charge in [-0.25, -0.2) is 14.2 Å². The summed E-state index contributed by atoms with van der Waals surface area (Å²) in [5, 5.41) is 8.91. The number of rotatable bonds is 3. The average Bonchev–Trinajstić information content (AvgIpc) is 2.36. The van der Waals surface area contributed by atoms with Gasteiger partial charge in [-0.1, -0.05) is 6.07 Å². The van der Waals surface area contributed by atoms with E-state index in [1.165, 1.54) is 18.3 Å². The molecule has 1 aromatic carbocycles. The smallest absolute Gasteiger partial charge is 0.338 e. The highest BCUT2D eigenvalue weighted by Gasteiger charge is 2.14. The lowest BCUT2D eigenvalue weighted by Crippen LogP contribution is -2.05. The molecule has 0 spiro atoms. The molecule has 2 aromatic rings. The Morgan fingerprint density at radius 2 is 2.16 bits per heavy atom. The van der Waals surface area contributed by atoms with Crippen LogP contribution in [0.5, 0.6) is 11.6 Å². The van der Waals surface area contributed by atoms with Crippen molar-refractivity contribution in [3.63, 3.8) is 0 Å². The van der Waals surface area contributed by atoms with Gasteiger partial charge >= 0.3 is 5.97 Å². The first kappa shape index (κ1) is 12.8. The largest absolute Gasteiger partial charge is 0.478 e. The Morgan fingerprint density at radius 1 is 1.42 bits per heavy atom. The topological polar surface area (TPSA) is 85.4 Å². The molecule has 5 nitrogen and oxygen atoms in total. The highest BCUT2D eigenvalue weighted by Crippen LogP contribution is 2.28. The van der Waals surface area contributed by atoms with E-state index in [0.29, 0.717) is 5.56 Å². The summed E-state index contributed by atoms with van der Waals surface area (Å²) in [6.07, 6.45) is 1.26. The van der Waals surface area contributed by atoms with Crippen LogP contribution in [0.3, 0.4) is 0 Å². The normalized spacial score (nSPS) is 10.2. The van der Waals surface area contributed by atoms with Crippen molar-refractivity contribution in [2.45, 2.75) is 6.92 Å². The molecule has 1 aromatic heterocycles. The molecule has 0 saturated carbocycles. The molecule has 0 bridgehead atoms. The molecule has 2 rings (SSSR count). The summed E-state index contributed by atoms with van der Waals surface area (Å²) >= 11 is 0. The number of aryl methyl sites for hydroxylation is 1. The Balaban J connectivity index is 2.35. The predicted molar refractivity (Wildman–Crippen MR) is 66.8 cm³/mol. The molecule has 0 aliphatic rings.